The minimum Gasteiger partial charge on any atom is -0.481 e. The molecule has 0 amide bonds. The number of likely N-dealkylation sites (tertiary alicyclic amines) is 1. The fraction of sp³-hybridized carbons (Fsp3) is 0.500. The Kier molecular flexibility index (Phi) is 10.2. The van der Waals surface area contributed by atoms with Gasteiger partial charge in [0.25, 0.3) is 0 Å². The number of halogens is 6. The number of aliphatic carboxylic acids is 1. The van der Waals surface area contributed by atoms with Gasteiger partial charge in [0.2, 0.25) is 0 Å². The van der Waals surface area contributed by atoms with Crippen LogP contribution in [-0.2, 0) is 23.7 Å². The normalized spacial score (nSPS) is 19.1. The Morgan fingerprint density at radius 2 is 1.37 bits per heavy atom. The molecule has 1 N–H and O–H groups in total. The molecule has 194 valence electrons. The predicted octanol–water partition coefficient (Wildman–Crippen LogP) is 7.96. The van der Waals surface area contributed by atoms with Gasteiger partial charge in [0.1, 0.15) is 0 Å². The van der Waals surface area contributed by atoms with E-state index in [1.54, 1.807) is 0 Å². The van der Waals surface area contributed by atoms with Gasteiger partial charge in [-0.2, -0.15) is 26.3 Å². The molecule has 2 atom stereocenters. The summed E-state index contributed by atoms with van der Waals surface area (Å²) in [6.07, 6.45) is -5.26. The molecular weight excluding hydrogens is 472 g/mol. The first kappa shape index (κ1) is 28.7. The minimum absolute atomic E-state index is 0.0365. The lowest BCUT2D eigenvalue weighted by Crippen LogP contribution is -2.37. The van der Waals surface area contributed by atoms with E-state index in [9.17, 15) is 31.1 Å². The van der Waals surface area contributed by atoms with Crippen LogP contribution in [0.25, 0.3) is 0 Å². The summed E-state index contributed by atoms with van der Waals surface area (Å²) in [7, 11) is 0. The number of carboxylic acids is 1. The molecule has 1 saturated heterocycles. The molecule has 3 nitrogen and oxygen atoms in total. The summed E-state index contributed by atoms with van der Waals surface area (Å²) in [6.45, 7) is 5.16. The molecular formula is C26H31F6NO2. The molecule has 1 aliphatic rings. The molecule has 2 unspecified atom stereocenters. The highest BCUT2D eigenvalue weighted by Gasteiger charge is 2.34. The number of piperidine rings is 1. The molecule has 1 aliphatic heterocycles. The average molecular weight is 504 g/mol. The van der Waals surface area contributed by atoms with Crippen LogP contribution >= 0.6 is 0 Å². The van der Waals surface area contributed by atoms with Crippen LogP contribution in [0.15, 0.2) is 48.5 Å². The van der Waals surface area contributed by atoms with E-state index in [-0.39, 0.29) is 18.4 Å². The Morgan fingerprint density at radius 1 is 0.886 bits per heavy atom. The lowest BCUT2D eigenvalue weighted by Gasteiger charge is -2.39. The molecule has 35 heavy (non-hydrogen) atoms. The summed E-state index contributed by atoms with van der Waals surface area (Å²) in [6, 6.07) is 9.19. The van der Waals surface area contributed by atoms with Crippen LogP contribution in [0.4, 0.5) is 26.3 Å². The first-order valence-electron chi connectivity index (χ1n) is 11.6. The molecule has 0 spiro atoms. The van der Waals surface area contributed by atoms with Crippen LogP contribution < -0.4 is 0 Å². The van der Waals surface area contributed by atoms with Gasteiger partial charge in [0.05, 0.1) is 11.1 Å². The van der Waals surface area contributed by atoms with Gasteiger partial charge in [0.15, 0.2) is 0 Å². The molecule has 3 rings (SSSR count). The summed E-state index contributed by atoms with van der Waals surface area (Å²) in [5, 5.41) is 9.11. The van der Waals surface area contributed by atoms with Crippen LogP contribution in [0.2, 0.25) is 0 Å². The zero-order valence-electron chi connectivity index (χ0n) is 19.8. The lowest BCUT2D eigenvalue weighted by molar-refractivity contribution is -0.139. The standard InChI is InChI=1S/C22H21F6NO2.C4H10/c23-21(24,25)17-5-1-14(2-6-17)13-29-10-9-15(12-20(30)31)11-19(29)16-3-7-18(8-4-16)22(26,27)28;1-3-4-2/h1-8,15,19H,9-13H2,(H,30,31);3-4H2,1-2H3. The summed E-state index contributed by atoms with van der Waals surface area (Å²) in [4.78, 5) is 13.1. The Labute approximate surface area is 201 Å². The van der Waals surface area contributed by atoms with Crippen molar-refractivity contribution in [2.45, 2.75) is 70.9 Å². The molecule has 2 aromatic rings. The van der Waals surface area contributed by atoms with Gasteiger partial charge in [-0.1, -0.05) is 51.0 Å². The van der Waals surface area contributed by atoms with E-state index in [2.05, 4.69) is 13.8 Å². The van der Waals surface area contributed by atoms with E-state index in [1.165, 1.54) is 37.1 Å². The molecule has 0 bridgehead atoms. The summed E-state index contributed by atoms with van der Waals surface area (Å²) < 4.78 is 77.0. The summed E-state index contributed by atoms with van der Waals surface area (Å²) in [5.41, 5.74) is -0.268. The van der Waals surface area contributed by atoms with E-state index in [4.69, 9.17) is 5.11 Å². The fourth-order valence-corrected chi connectivity index (χ4v) is 3.98. The minimum atomic E-state index is -4.46. The second kappa shape index (κ2) is 12.4. The monoisotopic (exact) mass is 503 g/mol. The first-order chi connectivity index (χ1) is 16.3. The highest BCUT2D eigenvalue weighted by atomic mass is 19.4. The molecule has 0 aliphatic carbocycles. The largest absolute Gasteiger partial charge is 0.481 e. The molecule has 0 saturated carbocycles. The maximum atomic E-state index is 12.9. The number of nitrogens with zero attached hydrogens (tertiary/aromatic N) is 1. The number of hydrogen-bond donors (Lipinski definition) is 1. The SMILES string of the molecule is CCCC.O=C(O)CC1CCN(Cc2ccc(C(F)(F)F)cc2)C(c2ccc(C(F)(F)F)cc2)C1. The zero-order valence-corrected chi connectivity index (χ0v) is 19.8. The Hall–Kier alpha value is -2.55. The van der Waals surface area contributed by atoms with Crippen LogP contribution in [0.1, 0.15) is 74.2 Å². The molecule has 9 heteroatoms. The topological polar surface area (TPSA) is 40.5 Å². The second-order valence-corrected chi connectivity index (χ2v) is 8.79. The van der Waals surface area contributed by atoms with Gasteiger partial charge in [-0.3, -0.25) is 9.69 Å². The van der Waals surface area contributed by atoms with Gasteiger partial charge < -0.3 is 5.11 Å². The number of hydrogen-bond acceptors (Lipinski definition) is 2. The van der Waals surface area contributed by atoms with E-state index < -0.39 is 29.4 Å². The Morgan fingerprint density at radius 3 is 1.80 bits per heavy atom. The number of benzene rings is 2. The second-order valence-electron chi connectivity index (χ2n) is 8.79. The number of alkyl halides is 6. The maximum absolute atomic E-state index is 12.9. The molecule has 1 heterocycles. The van der Waals surface area contributed by atoms with Crippen LogP contribution in [0, 0.1) is 5.92 Å². The third-order valence-corrected chi connectivity index (χ3v) is 6.07. The Balaban J connectivity index is 0.00000100. The third-order valence-electron chi connectivity index (χ3n) is 6.07. The number of carboxylic acid groups (broad SMARTS) is 1. The quantitative estimate of drug-likeness (QED) is 0.407. The van der Waals surface area contributed by atoms with Crippen LogP contribution in [0.5, 0.6) is 0 Å². The van der Waals surface area contributed by atoms with Crippen molar-refractivity contribution >= 4 is 5.97 Å². The first-order valence-corrected chi connectivity index (χ1v) is 11.6. The fourth-order valence-electron chi connectivity index (χ4n) is 3.98. The van der Waals surface area contributed by atoms with Gasteiger partial charge in [-0.25, -0.2) is 0 Å². The average Bonchev–Trinajstić information content (AvgIpc) is 2.79. The van der Waals surface area contributed by atoms with Crippen LogP contribution in [0.3, 0.4) is 0 Å². The summed E-state index contributed by atoms with van der Waals surface area (Å²) >= 11 is 0. The van der Waals surface area contributed by atoms with Crippen molar-refractivity contribution in [2.24, 2.45) is 5.92 Å². The molecule has 2 aromatic carbocycles. The molecule has 1 fully saturated rings. The van der Waals surface area contributed by atoms with Crippen LogP contribution in [-0.4, -0.2) is 22.5 Å². The van der Waals surface area contributed by atoms with E-state index in [0.717, 1.165) is 24.3 Å². The number of unbranched alkanes of at least 4 members (excludes halogenated alkanes) is 1. The van der Waals surface area contributed by atoms with E-state index >= 15 is 0 Å². The molecule has 0 aromatic heterocycles. The maximum Gasteiger partial charge on any atom is 0.416 e. The van der Waals surface area contributed by atoms with Crippen molar-refractivity contribution in [3.63, 3.8) is 0 Å². The van der Waals surface area contributed by atoms with Crippen molar-refractivity contribution in [3.8, 4) is 0 Å². The third kappa shape index (κ3) is 8.87. The van der Waals surface area contributed by atoms with Crippen molar-refractivity contribution < 1.29 is 36.2 Å². The van der Waals surface area contributed by atoms with Crippen molar-refractivity contribution in [1.82, 2.24) is 4.90 Å². The van der Waals surface area contributed by atoms with Gasteiger partial charge in [-0.15, -0.1) is 0 Å². The predicted molar refractivity (Wildman–Crippen MR) is 122 cm³/mol. The Bertz CT molecular complexity index is 921. The van der Waals surface area contributed by atoms with Gasteiger partial charge in [0, 0.05) is 19.0 Å². The van der Waals surface area contributed by atoms with Crippen molar-refractivity contribution in [2.75, 3.05) is 6.54 Å². The van der Waals surface area contributed by atoms with Crippen molar-refractivity contribution in [3.05, 3.63) is 70.8 Å². The van der Waals surface area contributed by atoms with E-state index in [1.807, 2.05) is 4.90 Å². The number of rotatable bonds is 6. The highest BCUT2D eigenvalue weighted by molar-refractivity contribution is 5.67. The zero-order chi connectivity index (χ0) is 26.2. The lowest BCUT2D eigenvalue weighted by atomic mass is 9.84. The van der Waals surface area contributed by atoms with Crippen molar-refractivity contribution in [1.29, 1.82) is 0 Å². The molecule has 0 radical (unpaired) electrons. The number of carbonyl (C=O) groups is 1. The van der Waals surface area contributed by atoms with Gasteiger partial charge in [-0.05, 0) is 60.7 Å². The highest BCUT2D eigenvalue weighted by Crippen LogP contribution is 2.38. The van der Waals surface area contributed by atoms with E-state index in [0.29, 0.717) is 37.1 Å². The smallest absolute Gasteiger partial charge is 0.416 e. The van der Waals surface area contributed by atoms with Gasteiger partial charge >= 0.3 is 18.3 Å². The summed E-state index contributed by atoms with van der Waals surface area (Å²) in [5.74, 6) is -1.07.